The van der Waals surface area contributed by atoms with E-state index in [1.165, 1.54) is 0 Å². The second-order valence-electron chi connectivity index (χ2n) is 2.32. The average Bonchev–Trinajstić information content (AvgIpc) is 2.17. The summed E-state index contributed by atoms with van der Waals surface area (Å²) in [4.78, 5) is 0. The number of nitrogens with two attached hydrogens (primary N) is 1. The van der Waals surface area contributed by atoms with Crippen LogP contribution in [0.15, 0.2) is 29.4 Å². The van der Waals surface area contributed by atoms with Crippen molar-refractivity contribution in [1.29, 1.82) is 0 Å². The molecule has 0 amide bonds. The number of amidine groups is 1. The molecule has 0 aliphatic heterocycles. The van der Waals surface area contributed by atoms with Crippen molar-refractivity contribution in [2.24, 2.45) is 10.9 Å². The van der Waals surface area contributed by atoms with E-state index in [-0.39, 0.29) is 5.84 Å². The second-order valence-corrected chi connectivity index (χ2v) is 2.88. The van der Waals surface area contributed by atoms with Crippen LogP contribution < -0.4 is 5.73 Å². The molecule has 64 valence electrons. The highest BCUT2D eigenvalue weighted by Gasteiger charge is 1.97. The summed E-state index contributed by atoms with van der Waals surface area (Å²) < 4.78 is 0. The van der Waals surface area contributed by atoms with Gasteiger partial charge in [0, 0.05) is 10.9 Å². The van der Waals surface area contributed by atoms with Crippen LogP contribution in [0.4, 0.5) is 0 Å². The zero-order valence-corrected chi connectivity index (χ0v) is 7.95. The first-order chi connectivity index (χ1) is 5.77. The van der Waals surface area contributed by atoms with Gasteiger partial charge < -0.3 is 10.9 Å². The summed E-state index contributed by atoms with van der Waals surface area (Å²) >= 11 is 3.33. The van der Waals surface area contributed by atoms with Gasteiger partial charge in [0.25, 0.3) is 0 Å². The number of oxime groups is 1. The van der Waals surface area contributed by atoms with Gasteiger partial charge in [0.05, 0.1) is 0 Å². The topological polar surface area (TPSA) is 58.6 Å². The number of alkyl halides is 1. The van der Waals surface area contributed by atoms with Gasteiger partial charge in [-0.1, -0.05) is 45.4 Å². The van der Waals surface area contributed by atoms with Crippen molar-refractivity contribution in [3.05, 3.63) is 35.4 Å². The van der Waals surface area contributed by atoms with Crippen molar-refractivity contribution in [2.45, 2.75) is 5.33 Å². The first kappa shape index (κ1) is 9.06. The Morgan fingerprint density at radius 3 is 2.42 bits per heavy atom. The molecule has 0 radical (unpaired) electrons. The minimum absolute atomic E-state index is 0.135. The molecule has 0 aliphatic carbocycles. The molecule has 0 fully saturated rings. The van der Waals surface area contributed by atoms with E-state index in [1.807, 2.05) is 24.3 Å². The number of nitrogens with zero attached hydrogens (tertiary/aromatic N) is 1. The maximum atomic E-state index is 8.37. The lowest BCUT2D eigenvalue weighted by Crippen LogP contribution is -2.12. The quantitative estimate of drug-likeness (QED) is 0.266. The standard InChI is InChI=1S/C8H9BrN2O/c9-5-6-1-3-7(4-2-6)8(10)11-12/h1-4,12H,5H2,(H2,10,11). The first-order valence-electron chi connectivity index (χ1n) is 3.40. The molecule has 0 spiro atoms. The van der Waals surface area contributed by atoms with Crippen LogP contribution in [0.1, 0.15) is 11.1 Å². The van der Waals surface area contributed by atoms with Gasteiger partial charge >= 0.3 is 0 Å². The molecule has 1 rings (SSSR count). The Balaban J connectivity index is 2.92. The Morgan fingerprint density at radius 1 is 1.42 bits per heavy atom. The highest BCUT2D eigenvalue weighted by Crippen LogP contribution is 2.07. The van der Waals surface area contributed by atoms with E-state index in [4.69, 9.17) is 10.9 Å². The normalized spacial score (nSPS) is 11.6. The highest BCUT2D eigenvalue weighted by molar-refractivity contribution is 9.08. The predicted molar refractivity (Wildman–Crippen MR) is 51.6 cm³/mol. The fourth-order valence-corrected chi connectivity index (χ4v) is 1.20. The minimum Gasteiger partial charge on any atom is -0.409 e. The van der Waals surface area contributed by atoms with Crippen LogP contribution in [-0.4, -0.2) is 11.0 Å². The van der Waals surface area contributed by atoms with Gasteiger partial charge in [-0.15, -0.1) is 0 Å². The zero-order valence-electron chi connectivity index (χ0n) is 6.37. The average molecular weight is 229 g/mol. The van der Waals surface area contributed by atoms with Gasteiger partial charge in [0.1, 0.15) is 0 Å². The van der Waals surface area contributed by atoms with Crippen LogP contribution in [0, 0.1) is 0 Å². The zero-order chi connectivity index (χ0) is 8.97. The van der Waals surface area contributed by atoms with E-state index in [0.29, 0.717) is 0 Å². The summed E-state index contributed by atoms with van der Waals surface area (Å²) in [6, 6.07) is 7.46. The van der Waals surface area contributed by atoms with E-state index >= 15 is 0 Å². The Kier molecular flexibility index (Phi) is 3.10. The maximum absolute atomic E-state index is 8.37. The maximum Gasteiger partial charge on any atom is 0.170 e. The summed E-state index contributed by atoms with van der Waals surface area (Å²) in [5.41, 5.74) is 7.26. The summed E-state index contributed by atoms with van der Waals surface area (Å²) in [6.07, 6.45) is 0. The van der Waals surface area contributed by atoms with Crippen molar-refractivity contribution >= 4 is 21.8 Å². The van der Waals surface area contributed by atoms with Crippen molar-refractivity contribution < 1.29 is 5.21 Å². The van der Waals surface area contributed by atoms with Crippen LogP contribution in [0.25, 0.3) is 0 Å². The molecule has 1 aromatic rings. The molecular formula is C8H9BrN2O. The lowest BCUT2D eigenvalue weighted by molar-refractivity contribution is 0.318. The Labute approximate surface area is 79.0 Å². The van der Waals surface area contributed by atoms with Gasteiger partial charge in [-0.05, 0) is 5.56 Å². The van der Waals surface area contributed by atoms with Crippen LogP contribution >= 0.6 is 15.9 Å². The second kappa shape index (κ2) is 4.11. The fourth-order valence-electron chi connectivity index (χ4n) is 0.822. The molecule has 0 heterocycles. The van der Waals surface area contributed by atoms with Gasteiger partial charge in [-0.3, -0.25) is 0 Å². The summed E-state index contributed by atoms with van der Waals surface area (Å²) in [7, 11) is 0. The lowest BCUT2D eigenvalue weighted by Gasteiger charge is -1.98. The van der Waals surface area contributed by atoms with Gasteiger partial charge in [0.15, 0.2) is 5.84 Å². The Morgan fingerprint density at radius 2 is 2.00 bits per heavy atom. The number of hydrogen-bond acceptors (Lipinski definition) is 2. The molecule has 4 heteroatoms. The molecule has 0 saturated carbocycles. The number of rotatable bonds is 2. The van der Waals surface area contributed by atoms with Crippen molar-refractivity contribution in [3.63, 3.8) is 0 Å². The molecule has 3 N–H and O–H groups in total. The van der Waals surface area contributed by atoms with Crippen molar-refractivity contribution in [2.75, 3.05) is 0 Å². The van der Waals surface area contributed by atoms with E-state index < -0.39 is 0 Å². The summed E-state index contributed by atoms with van der Waals surface area (Å²) in [6.45, 7) is 0. The molecule has 1 aromatic carbocycles. The molecule has 0 saturated heterocycles. The van der Waals surface area contributed by atoms with Crippen molar-refractivity contribution in [3.8, 4) is 0 Å². The minimum atomic E-state index is 0.135. The Hall–Kier alpha value is -1.03. The smallest absolute Gasteiger partial charge is 0.170 e. The van der Waals surface area contributed by atoms with E-state index in [0.717, 1.165) is 16.5 Å². The first-order valence-corrected chi connectivity index (χ1v) is 4.53. The molecule has 0 atom stereocenters. The molecule has 12 heavy (non-hydrogen) atoms. The van der Waals surface area contributed by atoms with Gasteiger partial charge in [-0.25, -0.2) is 0 Å². The van der Waals surface area contributed by atoms with E-state index in [2.05, 4.69) is 21.1 Å². The summed E-state index contributed by atoms with van der Waals surface area (Å²) in [5.74, 6) is 0.135. The largest absolute Gasteiger partial charge is 0.409 e. The van der Waals surface area contributed by atoms with Crippen LogP contribution in [0.5, 0.6) is 0 Å². The van der Waals surface area contributed by atoms with Gasteiger partial charge in [0.2, 0.25) is 0 Å². The monoisotopic (exact) mass is 228 g/mol. The van der Waals surface area contributed by atoms with Crippen molar-refractivity contribution in [1.82, 2.24) is 0 Å². The van der Waals surface area contributed by atoms with Crippen LogP contribution in [-0.2, 0) is 5.33 Å². The molecule has 3 nitrogen and oxygen atoms in total. The van der Waals surface area contributed by atoms with E-state index in [9.17, 15) is 0 Å². The number of hydrogen-bond donors (Lipinski definition) is 2. The summed E-state index contributed by atoms with van der Waals surface area (Å²) in [5, 5.41) is 12.1. The van der Waals surface area contributed by atoms with Gasteiger partial charge in [-0.2, -0.15) is 0 Å². The fraction of sp³-hybridized carbons (Fsp3) is 0.125. The Bertz CT molecular complexity index is 282. The molecule has 0 aromatic heterocycles. The number of benzene rings is 1. The molecule has 0 unspecified atom stereocenters. The third kappa shape index (κ3) is 1.98. The number of halogens is 1. The third-order valence-electron chi connectivity index (χ3n) is 1.51. The SMILES string of the molecule is N/C(=N\O)c1ccc(CBr)cc1. The lowest BCUT2D eigenvalue weighted by atomic mass is 10.1. The van der Waals surface area contributed by atoms with E-state index in [1.54, 1.807) is 0 Å². The highest BCUT2D eigenvalue weighted by atomic mass is 79.9. The molecule has 0 bridgehead atoms. The molecule has 0 aliphatic rings. The van der Waals surface area contributed by atoms with Crippen LogP contribution in [0.2, 0.25) is 0 Å². The predicted octanol–water partition coefficient (Wildman–Crippen LogP) is 1.68. The van der Waals surface area contributed by atoms with Crippen LogP contribution in [0.3, 0.4) is 0 Å². The molecular weight excluding hydrogens is 220 g/mol. The third-order valence-corrected chi connectivity index (χ3v) is 2.16.